The Bertz CT molecular complexity index is 1040. The van der Waals surface area contributed by atoms with E-state index in [0.29, 0.717) is 11.3 Å². The van der Waals surface area contributed by atoms with Crippen molar-refractivity contribution in [1.82, 2.24) is 0 Å². The van der Waals surface area contributed by atoms with Gasteiger partial charge < -0.3 is 9.73 Å². The number of benzene rings is 2. The van der Waals surface area contributed by atoms with Gasteiger partial charge in [0.15, 0.2) is 15.6 Å². The van der Waals surface area contributed by atoms with Crippen molar-refractivity contribution in [2.24, 2.45) is 0 Å². The second kappa shape index (κ2) is 7.17. The van der Waals surface area contributed by atoms with Crippen molar-refractivity contribution >= 4 is 21.4 Å². The van der Waals surface area contributed by atoms with Gasteiger partial charge in [0.25, 0.3) is 5.91 Å². The van der Waals surface area contributed by atoms with Gasteiger partial charge >= 0.3 is 0 Å². The van der Waals surface area contributed by atoms with Crippen molar-refractivity contribution in [3.8, 4) is 0 Å². The molecule has 0 spiro atoms. The van der Waals surface area contributed by atoms with Crippen molar-refractivity contribution < 1.29 is 17.6 Å². The van der Waals surface area contributed by atoms with Crippen LogP contribution in [-0.2, 0) is 15.6 Å². The molecule has 2 aromatic carbocycles. The number of carbonyl (C=O) groups is 1. The zero-order chi connectivity index (χ0) is 18.7. The molecule has 3 aromatic rings. The second-order valence-corrected chi connectivity index (χ2v) is 8.09. The average Bonchev–Trinajstić information content (AvgIpc) is 3.06. The molecule has 26 heavy (non-hydrogen) atoms. The Kier molecular flexibility index (Phi) is 4.95. The lowest BCUT2D eigenvalue weighted by Crippen LogP contribution is -2.15. The van der Waals surface area contributed by atoms with Gasteiger partial charge in [-0.1, -0.05) is 24.3 Å². The van der Waals surface area contributed by atoms with Crippen LogP contribution in [0.4, 0.5) is 5.69 Å². The average molecular weight is 369 g/mol. The first-order valence-corrected chi connectivity index (χ1v) is 9.75. The van der Waals surface area contributed by atoms with Crippen molar-refractivity contribution in [1.29, 1.82) is 0 Å². The molecule has 0 bridgehead atoms. The van der Waals surface area contributed by atoms with Gasteiger partial charge in [0, 0.05) is 11.3 Å². The molecule has 0 fully saturated rings. The number of hydrogen-bond acceptors (Lipinski definition) is 4. The van der Waals surface area contributed by atoms with E-state index in [2.05, 4.69) is 5.32 Å². The Balaban J connectivity index is 1.82. The van der Waals surface area contributed by atoms with Gasteiger partial charge in [-0.3, -0.25) is 4.79 Å². The largest absolute Gasteiger partial charge is 0.459 e. The van der Waals surface area contributed by atoms with Crippen LogP contribution >= 0.6 is 0 Å². The smallest absolute Gasteiger partial charge is 0.291 e. The van der Waals surface area contributed by atoms with E-state index in [1.165, 1.54) is 24.5 Å². The van der Waals surface area contributed by atoms with Crippen LogP contribution < -0.4 is 5.32 Å². The Morgan fingerprint density at radius 3 is 2.42 bits per heavy atom. The van der Waals surface area contributed by atoms with Gasteiger partial charge in [-0.15, -0.1) is 0 Å². The molecule has 0 aliphatic rings. The highest BCUT2D eigenvalue weighted by Crippen LogP contribution is 2.21. The van der Waals surface area contributed by atoms with Gasteiger partial charge in [-0.2, -0.15) is 0 Å². The summed E-state index contributed by atoms with van der Waals surface area (Å²) in [7, 11) is -3.56. The van der Waals surface area contributed by atoms with Crippen molar-refractivity contribution in [2.75, 3.05) is 5.32 Å². The summed E-state index contributed by atoms with van der Waals surface area (Å²) < 4.78 is 30.3. The molecule has 1 N–H and O–H groups in total. The standard InChI is InChI=1S/C20H19NO4S/c1-14-8-9-17(12-15(14)2)21-20(22)19-16(10-11-25-19)13-26(23,24)18-6-4-3-5-7-18/h3-12H,13H2,1-2H3,(H,21,22). The van der Waals surface area contributed by atoms with Crippen LogP contribution in [0.5, 0.6) is 0 Å². The molecular weight excluding hydrogens is 350 g/mol. The summed E-state index contributed by atoms with van der Waals surface area (Å²) in [4.78, 5) is 12.7. The molecular formula is C20H19NO4S. The van der Waals surface area contributed by atoms with Gasteiger partial charge in [0.2, 0.25) is 0 Å². The van der Waals surface area contributed by atoms with Crippen molar-refractivity contribution in [2.45, 2.75) is 24.5 Å². The zero-order valence-corrected chi connectivity index (χ0v) is 15.3. The first kappa shape index (κ1) is 17.9. The summed E-state index contributed by atoms with van der Waals surface area (Å²) in [5, 5.41) is 2.75. The molecule has 0 atom stereocenters. The highest BCUT2D eigenvalue weighted by atomic mass is 32.2. The minimum Gasteiger partial charge on any atom is -0.459 e. The van der Waals surface area contributed by atoms with Crippen LogP contribution in [0.15, 0.2) is 70.2 Å². The number of aryl methyl sites for hydroxylation is 2. The number of sulfone groups is 1. The number of nitrogens with one attached hydrogen (secondary N) is 1. The summed E-state index contributed by atoms with van der Waals surface area (Å²) in [6.45, 7) is 3.94. The van der Waals surface area contributed by atoms with E-state index in [1.807, 2.05) is 26.0 Å². The Hall–Kier alpha value is -2.86. The van der Waals surface area contributed by atoms with E-state index < -0.39 is 15.7 Å². The lowest BCUT2D eigenvalue weighted by atomic mass is 10.1. The Morgan fingerprint density at radius 1 is 1.00 bits per heavy atom. The number of amides is 1. The van der Waals surface area contributed by atoms with Crippen LogP contribution in [0.25, 0.3) is 0 Å². The molecule has 5 nitrogen and oxygen atoms in total. The zero-order valence-electron chi connectivity index (χ0n) is 14.5. The quantitative estimate of drug-likeness (QED) is 0.734. The second-order valence-electron chi connectivity index (χ2n) is 6.10. The van der Waals surface area contributed by atoms with E-state index in [0.717, 1.165) is 11.1 Å². The highest BCUT2D eigenvalue weighted by molar-refractivity contribution is 7.90. The van der Waals surface area contributed by atoms with Crippen molar-refractivity contribution in [3.05, 3.63) is 83.3 Å². The first-order valence-electron chi connectivity index (χ1n) is 8.09. The fraction of sp³-hybridized carbons (Fsp3) is 0.150. The summed E-state index contributed by atoms with van der Waals surface area (Å²) in [5.41, 5.74) is 3.13. The number of carbonyl (C=O) groups excluding carboxylic acids is 1. The minimum atomic E-state index is -3.56. The highest BCUT2D eigenvalue weighted by Gasteiger charge is 2.22. The summed E-state index contributed by atoms with van der Waals surface area (Å²) in [6, 6.07) is 15.2. The van der Waals surface area contributed by atoms with Gasteiger partial charge in [0.05, 0.1) is 16.9 Å². The normalized spacial score (nSPS) is 11.3. The van der Waals surface area contributed by atoms with E-state index >= 15 is 0 Å². The molecule has 0 aliphatic carbocycles. The molecule has 1 heterocycles. The predicted molar refractivity (Wildman–Crippen MR) is 99.9 cm³/mol. The molecule has 0 unspecified atom stereocenters. The van der Waals surface area contributed by atoms with Crippen LogP contribution in [0.3, 0.4) is 0 Å². The molecule has 3 rings (SSSR count). The summed E-state index contributed by atoms with van der Waals surface area (Å²) >= 11 is 0. The van der Waals surface area contributed by atoms with Crippen LogP contribution in [0.2, 0.25) is 0 Å². The van der Waals surface area contributed by atoms with Gasteiger partial charge in [-0.05, 0) is 55.3 Å². The van der Waals surface area contributed by atoms with E-state index in [1.54, 1.807) is 24.3 Å². The molecule has 1 amide bonds. The van der Waals surface area contributed by atoms with E-state index in [4.69, 9.17) is 4.42 Å². The first-order chi connectivity index (χ1) is 12.4. The third kappa shape index (κ3) is 3.86. The Morgan fingerprint density at radius 2 is 1.73 bits per heavy atom. The Labute approximate surface area is 152 Å². The number of hydrogen-bond donors (Lipinski definition) is 1. The fourth-order valence-corrected chi connectivity index (χ4v) is 3.95. The lowest BCUT2D eigenvalue weighted by Gasteiger charge is -2.08. The molecule has 6 heteroatoms. The monoisotopic (exact) mass is 369 g/mol. The number of rotatable bonds is 5. The number of furan rings is 1. The molecule has 0 aliphatic heterocycles. The van der Waals surface area contributed by atoms with Crippen LogP contribution in [0, 0.1) is 13.8 Å². The fourth-order valence-electron chi connectivity index (χ4n) is 2.57. The third-order valence-corrected chi connectivity index (χ3v) is 5.85. The van der Waals surface area contributed by atoms with Crippen LogP contribution in [-0.4, -0.2) is 14.3 Å². The molecule has 134 valence electrons. The predicted octanol–water partition coefficient (Wildman–Crippen LogP) is 4.12. The summed E-state index contributed by atoms with van der Waals surface area (Å²) in [6.07, 6.45) is 1.32. The SMILES string of the molecule is Cc1ccc(NC(=O)c2occc2CS(=O)(=O)c2ccccc2)cc1C. The van der Waals surface area contributed by atoms with Gasteiger partial charge in [-0.25, -0.2) is 8.42 Å². The van der Waals surface area contributed by atoms with Crippen molar-refractivity contribution in [3.63, 3.8) is 0 Å². The molecule has 0 radical (unpaired) electrons. The third-order valence-electron chi connectivity index (χ3n) is 4.17. The molecule has 0 saturated carbocycles. The topological polar surface area (TPSA) is 76.4 Å². The lowest BCUT2D eigenvalue weighted by molar-refractivity contribution is 0.0996. The maximum atomic E-state index is 12.5. The maximum absolute atomic E-state index is 12.5. The molecule has 1 aromatic heterocycles. The maximum Gasteiger partial charge on any atom is 0.291 e. The van der Waals surface area contributed by atoms with E-state index in [-0.39, 0.29) is 16.4 Å². The minimum absolute atomic E-state index is 0.00253. The van der Waals surface area contributed by atoms with E-state index in [9.17, 15) is 13.2 Å². The number of anilines is 1. The van der Waals surface area contributed by atoms with Crippen LogP contribution in [0.1, 0.15) is 27.2 Å². The van der Waals surface area contributed by atoms with Gasteiger partial charge in [0.1, 0.15) is 0 Å². The molecule has 0 saturated heterocycles. The summed E-state index contributed by atoms with van der Waals surface area (Å²) in [5.74, 6) is -0.775.